The first-order chi connectivity index (χ1) is 11.8. The normalized spacial score (nSPS) is 10.4. The highest BCUT2D eigenvalue weighted by Crippen LogP contribution is 2.04. The van der Waals surface area contributed by atoms with E-state index in [0.717, 1.165) is 0 Å². The van der Waals surface area contributed by atoms with Crippen LogP contribution in [0.15, 0.2) is 0 Å². The first-order valence-corrected chi connectivity index (χ1v) is 14.1. The average molecular weight is 512 g/mol. The number of hydrogen-bond acceptors (Lipinski definition) is 12. The Labute approximate surface area is 179 Å². The summed E-state index contributed by atoms with van der Waals surface area (Å²) in [6, 6.07) is 0.628. The molecule has 194 valence electrons. The quantitative estimate of drug-likeness (QED) is 0.116. The van der Waals surface area contributed by atoms with Crippen LogP contribution in [-0.2, 0) is 8.85 Å². The third-order valence-corrected chi connectivity index (χ3v) is 7.13. The maximum absolute atomic E-state index is 8.87. The van der Waals surface area contributed by atoms with Gasteiger partial charge in [-0.1, -0.05) is 0 Å². The van der Waals surface area contributed by atoms with Gasteiger partial charge in [-0.15, -0.1) is 0 Å². The molecule has 30 heavy (non-hydrogen) atoms. The van der Waals surface area contributed by atoms with Crippen LogP contribution < -0.4 is 17.2 Å². The minimum Gasteiger partial charge on any atom is -0.412 e. The van der Waals surface area contributed by atoms with Gasteiger partial charge in [0.15, 0.2) is 0 Å². The lowest BCUT2D eigenvalue weighted by Crippen LogP contribution is -2.37. The van der Waals surface area contributed by atoms with Crippen LogP contribution in [0.3, 0.4) is 0 Å². The van der Waals surface area contributed by atoms with Crippen molar-refractivity contribution >= 4 is 26.4 Å². The first-order valence-electron chi connectivity index (χ1n) is 8.08. The molecule has 0 aromatic heterocycles. The molecule has 0 rings (SSSR count). The van der Waals surface area contributed by atoms with Gasteiger partial charge >= 0.3 is 26.4 Å². The summed E-state index contributed by atoms with van der Waals surface area (Å²) in [5.74, 6) is 0. The van der Waals surface area contributed by atoms with Crippen molar-refractivity contribution in [3.05, 3.63) is 0 Å². The molecule has 0 aliphatic rings. The van der Waals surface area contributed by atoms with Gasteiger partial charge in [-0.05, 0) is 38.9 Å². The fourth-order valence-corrected chi connectivity index (χ4v) is 3.62. The summed E-state index contributed by atoms with van der Waals surface area (Å²) in [5, 5.41) is 0. The molecule has 0 aliphatic carbocycles. The van der Waals surface area contributed by atoms with Crippen LogP contribution in [0.2, 0.25) is 18.1 Å². The van der Waals surface area contributed by atoms with E-state index in [2.05, 4.69) is 8.85 Å². The van der Waals surface area contributed by atoms with Gasteiger partial charge in [-0.3, -0.25) is 0 Å². The molecular weight excluding hydrogens is 466 g/mol. The van der Waals surface area contributed by atoms with Gasteiger partial charge < -0.3 is 81.5 Å². The van der Waals surface area contributed by atoms with E-state index < -0.39 is 26.4 Å². The van der Waals surface area contributed by atoms with Crippen molar-refractivity contribution in [2.24, 2.45) is 17.2 Å². The smallest absolute Gasteiger partial charge is 0.412 e. The Kier molecular flexibility index (Phi) is 43.0. The van der Waals surface area contributed by atoms with Gasteiger partial charge in [0, 0.05) is 32.4 Å². The molecule has 0 saturated heterocycles. The fourth-order valence-electron chi connectivity index (χ4n) is 1.21. The lowest BCUT2D eigenvalue weighted by atomic mass is 10.5. The predicted molar refractivity (Wildman–Crippen MR) is 117 cm³/mol. The van der Waals surface area contributed by atoms with Crippen LogP contribution in [0.25, 0.3) is 0 Å². The highest BCUT2D eigenvalue weighted by atomic mass is 28.4. The molecule has 0 aliphatic heterocycles. The van der Waals surface area contributed by atoms with E-state index in [1.54, 1.807) is 0 Å². The van der Waals surface area contributed by atoms with Crippen LogP contribution in [-0.4, -0.2) is 116 Å². The number of rotatable bonds is 11. The fraction of sp³-hybridized carbons (Fsp3) is 1.00. The molecule has 0 fully saturated rings. The Morgan fingerprint density at radius 3 is 0.900 bits per heavy atom. The van der Waals surface area contributed by atoms with Crippen molar-refractivity contribution in [2.45, 2.75) is 37.4 Å². The maximum atomic E-state index is 8.87. The van der Waals surface area contributed by atoms with Crippen molar-refractivity contribution < 1.29 is 64.3 Å². The standard InChI is InChI=1S/2C4H13NO3Si.C3H11NO3Si.4H2O/c2*1-8-9(6,7)4-2-3-5;4-2-1-3-8(5,6)7;;;;/h2*6-7H,2-5H2,1H3;5-7H,1-4H2;4*1H2. The van der Waals surface area contributed by atoms with E-state index in [9.17, 15) is 0 Å². The second-order valence-corrected chi connectivity index (χ2v) is 12.2. The molecule has 0 spiro atoms. The Morgan fingerprint density at radius 1 is 0.533 bits per heavy atom. The zero-order valence-electron chi connectivity index (χ0n) is 17.5. The van der Waals surface area contributed by atoms with Gasteiger partial charge in [0.2, 0.25) is 0 Å². The summed E-state index contributed by atoms with van der Waals surface area (Å²) in [5.41, 5.74) is 15.3. The largest absolute Gasteiger partial charge is 0.495 e. The van der Waals surface area contributed by atoms with Crippen molar-refractivity contribution in [1.29, 1.82) is 0 Å². The topological polar surface area (TPSA) is 364 Å². The van der Waals surface area contributed by atoms with Crippen LogP contribution in [0.5, 0.6) is 0 Å². The van der Waals surface area contributed by atoms with Crippen molar-refractivity contribution in [2.75, 3.05) is 33.9 Å². The molecule has 0 unspecified atom stereocenters. The Bertz CT molecular complexity index is 296. The van der Waals surface area contributed by atoms with Gasteiger partial charge in [0.1, 0.15) is 0 Å². The maximum Gasteiger partial charge on any atom is 0.495 e. The summed E-state index contributed by atoms with van der Waals surface area (Å²) in [6.07, 6.45) is 1.68. The Balaban J connectivity index is -0.0000000497. The molecule has 0 amide bonds. The molecule has 0 atom stereocenters. The second-order valence-electron chi connectivity index (χ2n) is 5.35. The van der Waals surface area contributed by atoms with E-state index in [1.807, 2.05) is 0 Å². The molecule has 21 N–H and O–H groups in total. The zero-order valence-corrected chi connectivity index (χ0v) is 20.5. The van der Waals surface area contributed by atoms with E-state index >= 15 is 0 Å². The zero-order chi connectivity index (χ0) is 21.3. The average Bonchev–Trinajstić information content (AvgIpc) is 2.57. The lowest BCUT2D eigenvalue weighted by molar-refractivity contribution is 0.183. The first kappa shape index (κ1) is 47.7. The van der Waals surface area contributed by atoms with Gasteiger partial charge in [0.25, 0.3) is 0 Å². The van der Waals surface area contributed by atoms with E-state index in [-0.39, 0.29) is 27.9 Å². The van der Waals surface area contributed by atoms with Crippen LogP contribution in [0, 0.1) is 0 Å². The Morgan fingerprint density at radius 2 is 0.767 bits per heavy atom. The van der Waals surface area contributed by atoms with Crippen molar-refractivity contribution in [3.63, 3.8) is 0 Å². The molecule has 0 heterocycles. The van der Waals surface area contributed by atoms with Gasteiger partial charge in [-0.25, -0.2) is 0 Å². The summed E-state index contributed by atoms with van der Waals surface area (Å²) in [7, 11) is -7.73. The van der Waals surface area contributed by atoms with E-state index in [0.29, 0.717) is 51.0 Å². The molecule has 19 heteroatoms. The molecule has 0 radical (unpaired) electrons. The monoisotopic (exact) mass is 511 g/mol. The molecule has 0 saturated carbocycles. The van der Waals surface area contributed by atoms with E-state index in [1.165, 1.54) is 14.2 Å². The summed E-state index contributed by atoms with van der Waals surface area (Å²) < 4.78 is 8.87. The summed E-state index contributed by atoms with van der Waals surface area (Å²) >= 11 is 0. The van der Waals surface area contributed by atoms with Gasteiger partial charge in [-0.2, -0.15) is 0 Å². The summed E-state index contributed by atoms with van der Waals surface area (Å²) in [4.78, 5) is 60.5. The third-order valence-electron chi connectivity index (χ3n) is 2.78. The lowest BCUT2D eigenvalue weighted by Gasteiger charge is -2.12. The van der Waals surface area contributed by atoms with Crippen molar-refractivity contribution in [1.82, 2.24) is 0 Å². The molecule has 0 aromatic carbocycles. The number of hydrogen-bond donors (Lipinski definition) is 10. The second kappa shape index (κ2) is 27.0. The van der Waals surface area contributed by atoms with Crippen LogP contribution in [0.1, 0.15) is 19.3 Å². The minimum atomic E-state index is -3.76. The molecule has 0 bridgehead atoms. The van der Waals surface area contributed by atoms with Crippen LogP contribution >= 0.6 is 0 Å². The predicted octanol–water partition coefficient (Wildman–Crippen LogP) is -7.24. The third kappa shape index (κ3) is 46.3. The highest BCUT2D eigenvalue weighted by Gasteiger charge is 2.29. The Hall–Kier alpha value is 0.0106. The molecule has 16 nitrogen and oxygen atoms in total. The molecule has 0 aromatic rings. The van der Waals surface area contributed by atoms with Crippen molar-refractivity contribution in [3.8, 4) is 0 Å². The molecular formula is C11H45N3O13Si3. The van der Waals surface area contributed by atoms with Crippen LogP contribution in [0.4, 0.5) is 0 Å². The SMILES string of the molecule is CO[Si](O)(O)CCCN.CO[Si](O)(O)CCCN.NCCC[Si](O)(O)O.O.O.O.O. The minimum absolute atomic E-state index is 0. The number of nitrogens with two attached hydrogens (primary N) is 3. The van der Waals surface area contributed by atoms with Gasteiger partial charge in [0.05, 0.1) is 0 Å². The summed E-state index contributed by atoms with van der Waals surface area (Å²) in [6.45, 7) is 1.33. The van der Waals surface area contributed by atoms with E-state index in [4.69, 9.17) is 50.8 Å². The highest BCUT2D eigenvalue weighted by molar-refractivity contribution is 6.58.